The lowest BCUT2D eigenvalue weighted by Gasteiger charge is -2.18. The molecule has 1 N–H and O–H groups in total. The Morgan fingerprint density at radius 3 is 2.38 bits per heavy atom. The van der Waals surface area contributed by atoms with Crippen molar-refractivity contribution < 1.29 is 14.3 Å². The van der Waals surface area contributed by atoms with Crippen LogP contribution in [-0.4, -0.2) is 28.5 Å². The Labute approximate surface area is 167 Å². The lowest BCUT2D eigenvalue weighted by atomic mass is 10.0. The summed E-state index contributed by atoms with van der Waals surface area (Å²) in [6.07, 6.45) is 3.72. The Morgan fingerprint density at radius 1 is 0.966 bits per heavy atom. The maximum atomic E-state index is 13.2. The molecule has 2 aromatic carbocycles. The van der Waals surface area contributed by atoms with E-state index >= 15 is 0 Å². The van der Waals surface area contributed by atoms with Crippen LogP contribution in [0.4, 0.5) is 0 Å². The first-order valence-corrected chi connectivity index (χ1v) is 9.14. The van der Waals surface area contributed by atoms with Crippen LogP contribution in [0.25, 0.3) is 16.7 Å². The topological polar surface area (TPSA) is 73.2 Å². The highest BCUT2D eigenvalue weighted by Gasteiger charge is 2.25. The monoisotopic (exact) mass is 385 g/mol. The average molecular weight is 385 g/mol. The van der Waals surface area contributed by atoms with Gasteiger partial charge in [0.15, 0.2) is 6.04 Å². The van der Waals surface area contributed by atoms with Gasteiger partial charge in [-0.2, -0.15) is 0 Å². The zero-order valence-electron chi connectivity index (χ0n) is 15.8. The minimum atomic E-state index is -0.907. The summed E-state index contributed by atoms with van der Waals surface area (Å²) < 4.78 is 6.74. The number of para-hydroxylation sites is 1. The number of pyridine rings is 1. The van der Waals surface area contributed by atoms with Crippen LogP contribution in [0.1, 0.15) is 22.0 Å². The predicted molar refractivity (Wildman–Crippen MR) is 110 cm³/mol. The molecule has 0 aliphatic rings. The molecule has 1 unspecified atom stereocenters. The smallest absolute Gasteiger partial charge is 0.333 e. The summed E-state index contributed by atoms with van der Waals surface area (Å²) in [6.45, 7) is 0. The number of ether oxygens (including phenoxy) is 1. The molecule has 2 aromatic heterocycles. The maximum Gasteiger partial charge on any atom is 0.333 e. The number of esters is 1. The third-order valence-electron chi connectivity index (χ3n) is 4.66. The Kier molecular flexibility index (Phi) is 5.07. The van der Waals surface area contributed by atoms with Crippen LogP contribution in [0.15, 0.2) is 85.2 Å². The van der Waals surface area contributed by atoms with Crippen LogP contribution in [0.2, 0.25) is 0 Å². The van der Waals surface area contributed by atoms with Crippen LogP contribution in [0, 0.1) is 0 Å². The molecule has 4 aromatic rings. The van der Waals surface area contributed by atoms with Crippen LogP contribution in [-0.2, 0) is 9.53 Å². The van der Waals surface area contributed by atoms with Crippen molar-refractivity contribution in [1.29, 1.82) is 0 Å². The van der Waals surface area contributed by atoms with Crippen molar-refractivity contribution in [2.75, 3.05) is 7.11 Å². The minimum Gasteiger partial charge on any atom is -0.467 e. The van der Waals surface area contributed by atoms with Crippen molar-refractivity contribution >= 4 is 22.8 Å². The average Bonchev–Trinajstić information content (AvgIpc) is 3.31. The van der Waals surface area contributed by atoms with E-state index in [9.17, 15) is 9.59 Å². The molecule has 0 fully saturated rings. The first-order valence-electron chi connectivity index (χ1n) is 9.14. The molecule has 0 spiro atoms. The summed E-state index contributed by atoms with van der Waals surface area (Å²) in [5, 5.41) is 3.52. The van der Waals surface area contributed by atoms with E-state index in [1.807, 2.05) is 71.6 Å². The van der Waals surface area contributed by atoms with E-state index in [4.69, 9.17) is 4.74 Å². The quantitative estimate of drug-likeness (QED) is 0.532. The maximum absolute atomic E-state index is 13.2. The fraction of sp³-hybridized carbons (Fsp3) is 0.0870. The molecule has 0 saturated carbocycles. The van der Waals surface area contributed by atoms with Gasteiger partial charge >= 0.3 is 5.97 Å². The highest BCUT2D eigenvalue weighted by molar-refractivity contribution is 6.07. The number of carbonyl (C=O) groups is 2. The van der Waals surface area contributed by atoms with E-state index in [2.05, 4.69) is 10.3 Å². The Bertz CT molecular complexity index is 1150. The van der Waals surface area contributed by atoms with Gasteiger partial charge in [0.25, 0.3) is 5.91 Å². The molecule has 0 radical (unpaired) electrons. The zero-order chi connectivity index (χ0) is 20.2. The number of rotatable bonds is 5. The van der Waals surface area contributed by atoms with Crippen LogP contribution >= 0.6 is 0 Å². The molecule has 0 aliphatic carbocycles. The fourth-order valence-corrected chi connectivity index (χ4v) is 3.22. The molecule has 6 heteroatoms. The van der Waals surface area contributed by atoms with Gasteiger partial charge in [-0.05, 0) is 29.8 Å². The largest absolute Gasteiger partial charge is 0.467 e. The molecule has 0 saturated heterocycles. The van der Waals surface area contributed by atoms with Crippen LogP contribution in [0.5, 0.6) is 0 Å². The van der Waals surface area contributed by atoms with E-state index in [-0.39, 0.29) is 5.91 Å². The Hall–Kier alpha value is -3.93. The summed E-state index contributed by atoms with van der Waals surface area (Å²) in [5.74, 6) is -0.294. The molecule has 0 bridgehead atoms. The summed E-state index contributed by atoms with van der Waals surface area (Å²) in [7, 11) is 1.30. The van der Waals surface area contributed by atoms with Crippen molar-refractivity contribution in [3.05, 3.63) is 96.3 Å². The molecule has 6 nitrogen and oxygen atoms in total. The molecular weight excluding hydrogens is 366 g/mol. The van der Waals surface area contributed by atoms with Gasteiger partial charge in [0.05, 0.1) is 18.2 Å². The summed E-state index contributed by atoms with van der Waals surface area (Å²) >= 11 is 0. The highest BCUT2D eigenvalue weighted by atomic mass is 16.5. The van der Waals surface area contributed by atoms with Crippen molar-refractivity contribution in [3.63, 3.8) is 0 Å². The van der Waals surface area contributed by atoms with Gasteiger partial charge in [0.2, 0.25) is 0 Å². The van der Waals surface area contributed by atoms with Crippen LogP contribution < -0.4 is 5.32 Å². The second-order valence-electron chi connectivity index (χ2n) is 6.48. The van der Waals surface area contributed by atoms with Gasteiger partial charge in [-0.15, -0.1) is 0 Å². The predicted octanol–water partition coefficient (Wildman–Crippen LogP) is 3.67. The van der Waals surface area contributed by atoms with Gasteiger partial charge in [0, 0.05) is 17.8 Å². The summed E-state index contributed by atoms with van der Waals surface area (Å²) in [6, 6.07) is 21.0. The summed E-state index contributed by atoms with van der Waals surface area (Å²) in [4.78, 5) is 30.2. The lowest BCUT2D eigenvalue weighted by Crippen LogP contribution is -2.34. The Morgan fingerprint density at radius 2 is 1.66 bits per heavy atom. The molecular formula is C23H19N3O3. The number of nitrogens with zero attached hydrogens (tertiary/aromatic N) is 2. The minimum absolute atomic E-state index is 0.378. The molecule has 29 heavy (non-hydrogen) atoms. The van der Waals surface area contributed by atoms with E-state index in [1.54, 1.807) is 18.2 Å². The number of carbonyl (C=O) groups excluding carboxylic acids is 2. The fourth-order valence-electron chi connectivity index (χ4n) is 3.22. The molecule has 2 heterocycles. The van der Waals surface area contributed by atoms with Gasteiger partial charge in [-0.25, -0.2) is 9.78 Å². The second kappa shape index (κ2) is 7.98. The zero-order valence-corrected chi connectivity index (χ0v) is 15.8. The number of aromatic nitrogens is 2. The molecule has 1 atom stereocenters. The van der Waals surface area contributed by atoms with Crippen molar-refractivity contribution in [1.82, 2.24) is 14.9 Å². The first kappa shape index (κ1) is 18.4. The lowest BCUT2D eigenvalue weighted by molar-refractivity contribution is -0.143. The van der Waals surface area contributed by atoms with Crippen molar-refractivity contribution in [2.45, 2.75) is 6.04 Å². The first-order chi connectivity index (χ1) is 14.2. The normalized spacial score (nSPS) is 11.8. The van der Waals surface area contributed by atoms with E-state index in [0.717, 1.165) is 0 Å². The number of benzene rings is 2. The molecule has 4 rings (SSSR count). The van der Waals surface area contributed by atoms with E-state index in [1.165, 1.54) is 7.11 Å². The second-order valence-corrected chi connectivity index (χ2v) is 6.48. The number of hydrogen-bond donors (Lipinski definition) is 1. The number of fused-ring (bicyclic) bond motifs is 1. The van der Waals surface area contributed by atoms with Crippen LogP contribution in [0.3, 0.4) is 0 Å². The van der Waals surface area contributed by atoms with E-state index in [0.29, 0.717) is 27.8 Å². The summed E-state index contributed by atoms with van der Waals surface area (Å²) in [5.41, 5.74) is 1.78. The van der Waals surface area contributed by atoms with Gasteiger partial charge < -0.3 is 14.6 Å². The standard InChI is InChI=1S/C23H19N3O3/c1-29-23(28)21(16-9-3-2-4-10-16)25-22(27)18-15-20(26-13-7-8-14-26)24-19-12-6-5-11-17(18)19/h2-15,21H,1H3,(H,25,27). The number of nitrogens with one attached hydrogen (secondary N) is 1. The number of methoxy groups -OCH3 is 1. The number of amides is 1. The van der Waals surface area contributed by atoms with Gasteiger partial charge in [-0.1, -0.05) is 48.5 Å². The van der Waals surface area contributed by atoms with E-state index < -0.39 is 12.0 Å². The third kappa shape index (κ3) is 3.73. The number of hydrogen-bond acceptors (Lipinski definition) is 4. The van der Waals surface area contributed by atoms with Gasteiger partial charge in [0.1, 0.15) is 5.82 Å². The van der Waals surface area contributed by atoms with Crippen molar-refractivity contribution in [2.24, 2.45) is 0 Å². The van der Waals surface area contributed by atoms with Gasteiger partial charge in [-0.3, -0.25) is 4.79 Å². The third-order valence-corrected chi connectivity index (χ3v) is 4.66. The van der Waals surface area contributed by atoms with Crippen molar-refractivity contribution in [3.8, 4) is 5.82 Å². The SMILES string of the molecule is COC(=O)C(NC(=O)c1cc(-n2cccc2)nc2ccccc12)c1ccccc1. The molecule has 144 valence electrons. The molecule has 1 amide bonds. The Balaban J connectivity index is 1.77. The highest BCUT2D eigenvalue weighted by Crippen LogP contribution is 2.22. The molecule has 0 aliphatic heterocycles.